The van der Waals surface area contributed by atoms with Crippen LogP contribution in [-0.2, 0) is 19.1 Å². The number of allylic oxidation sites excluding steroid dienone is 4. The SMILES string of the molecule is C=C1CC2C3CCC4=CC(=O)C=C[C@]4(C)C3C(O)C[C@]2(C)[C@@]1(O)C(=O)COC(=O)CN(CC)CC. The maximum absolute atomic E-state index is 13.4. The largest absolute Gasteiger partial charge is 0.457 e. The number of esters is 1. The van der Waals surface area contributed by atoms with Crippen molar-refractivity contribution in [3.63, 3.8) is 0 Å². The Morgan fingerprint density at radius 2 is 1.94 bits per heavy atom. The number of hydrogen-bond acceptors (Lipinski definition) is 7. The number of aliphatic hydroxyl groups is 2. The Bertz CT molecular complexity index is 995. The molecular formula is C28H39NO6. The molecule has 0 bridgehead atoms. The van der Waals surface area contributed by atoms with E-state index in [1.807, 2.05) is 31.7 Å². The number of fused-ring (bicyclic) bond motifs is 5. The topological polar surface area (TPSA) is 104 Å². The highest BCUT2D eigenvalue weighted by Crippen LogP contribution is 2.68. The number of aliphatic hydroxyl groups excluding tert-OH is 1. The van der Waals surface area contributed by atoms with Crippen LogP contribution in [0.3, 0.4) is 0 Å². The minimum atomic E-state index is -1.87. The third-order valence-corrected chi connectivity index (χ3v) is 9.71. The van der Waals surface area contributed by atoms with Crippen molar-refractivity contribution in [2.24, 2.45) is 28.6 Å². The fraction of sp³-hybridized carbons (Fsp3) is 0.679. The molecule has 0 saturated heterocycles. The molecule has 0 aromatic heterocycles. The van der Waals surface area contributed by atoms with E-state index in [1.165, 1.54) is 0 Å². The van der Waals surface area contributed by atoms with Crippen molar-refractivity contribution in [3.8, 4) is 0 Å². The molecule has 7 nitrogen and oxygen atoms in total. The second-order valence-corrected chi connectivity index (χ2v) is 11.3. The monoisotopic (exact) mass is 485 g/mol. The first-order chi connectivity index (χ1) is 16.4. The Kier molecular flexibility index (Phi) is 6.75. The standard InChI is InChI=1S/C28H39NO6/c1-6-29(7-2)15-24(33)35-16-23(32)28(34)17(3)12-21-20-9-8-18-13-19(30)10-11-26(18,4)25(20)22(31)14-27(21,28)5/h10-11,13,20-22,25,31,34H,3,6-9,12,14-16H2,1-2,4-5H3/t20?,21?,22?,25?,26-,27-,28-/m0/s1. The van der Waals surface area contributed by atoms with E-state index in [1.54, 1.807) is 12.2 Å². The van der Waals surface area contributed by atoms with E-state index < -0.39 is 40.9 Å². The van der Waals surface area contributed by atoms with Gasteiger partial charge in [-0.1, -0.05) is 45.9 Å². The lowest BCUT2D eigenvalue weighted by Gasteiger charge is -2.59. The van der Waals surface area contributed by atoms with Crippen LogP contribution in [0.5, 0.6) is 0 Å². The number of ether oxygens (including phenoxy) is 1. The van der Waals surface area contributed by atoms with E-state index in [2.05, 4.69) is 13.5 Å². The molecular weight excluding hydrogens is 446 g/mol. The van der Waals surface area contributed by atoms with Crippen LogP contribution in [0, 0.1) is 28.6 Å². The van der Waals surface area contributed by atoms with Crippen molar-refractivity contribution in [1.29, 1.82) is 0 Å². The van der Waals surface area contributed by atoms with Crippen molar-refractivity contribution >= 4 is 17.5 Å². The normalized spacial score (nSPS) is 40.1. The Morgan fingerprint density at radius 1 is 1.26 bits per heavy atom. The second kappa shape index (κ2) is 9.09. The van der Waals surface area contributed by atoms with Gasteiger partial charge in [-0.25, -0.2) is 0 Å². The second-order valence-electron chi connectivity index (χ2n) is 11.3. The quantitative estimate of drug-likeness (QED) is 0.422. The predicted molar refractivity (Wildman–Crippen MR) is 131 cm³/mol. The van der Waals surface area contributed by atoms with Crippen molar-refractivity contribution in [3.05, 3.63) is 36.0 Å². The number of Topliss-reactive ketones (excluding diaryl/α,β-unsaturated/α-hetero) is 1. The Morgan fingerprint density at radius 3 is 2.60 bits per heavy atom. The molecule has 0 heterocycles. The van der Waals surface area contributed by atoms with Crippen LogP contribution in [0.2, 0.25) is 0 Å². The lowest BCUT2D eigenvalue weighted by molar-refractivity contribution is -0.176. The molecule has 2 N–H and O–H groups in total. The number of carbonyl (C=O) groups is 3. The summed E-state index contributed by atoms with van der Waals surface area (Å²) >= 11 is 0. The summed E-state index contributed by atoms with van der Waals surface area (Å²) in [6.07, 6.45) is 6.71. The first-order valence-electron chi connectivity index (χ1n) is 12.9. The van der Waals surface area contributed by atoms with Crippen molar-refractivity contribution in [2.45, 2.75) is 65.1 Å². The molecule has 192 valence electrons. The van der Waals surface area contributed by atoms with E-state index in [4.69, 9.17) is 4.74 Å². The third kappa shape index (κ3) is 3.87. The molecule has 0 aliphatic heterocycles. The van der Waals surface area contributed by atoms with E-state index in [9.17, 15) is 24.6 Å². The Labute approximate surface area is 207 Å². The highest BCUT2D eigenvalue weighted by molar-refractivity contribution is 6.01. The molecule has 0 aromatic rings. The van der Waals surface area contributed by atoms with Gasteiger partial charge in [0.1, 0.15) is 0 Å². The van der Waals surface area contributed by atoms with Gasteiger partial charge in [0.05, 0.1) is 12.6 Å². The third-order valence-electron chi connectivity index (χ3n) is 9.71. The summed E-state index contributed by atoms with van der Waals surface area (Å²) in [6.45, 7) is 12.9. The Hall–Kier alpha value is -2.09. The molecule has 3 fully saturated rings. The van der Waals surface area contributed by atoms with Crippen LogP contribution in [0.15, 0.2) is 36.0 Å². The molecule has 0 radical (unpaired) electrons. The van der Waals surface area contributed by atoms with Crippen LogP contribution in [0.1, 0.15) is 53.4 Å². The summed E-state index contributed by atoms with van der Waals surface area (Å²) in [7, 11) is 0. The molecule has 0 aromatic carbocycles. The number of rotatable bonds is 7. The molecule has 4 rings (SSSR count). The highest BCUT2D eigenvalue weighted by Gasteiger charge is 2.69. The maximum atomic E-state index is 13.4. The van der Waals surface area contributed by atoms with Crippen LogP contribution >= 0.6 is 0 Å². The molecule has 0 amide bonds. The molecule has 7 heteroatoms. The van der Waals surface area contributed by atoms with Gasteiger partial charge in [-0.2, -0.15) is 0 Å². The fourth-order valence-corrected chi connectivity index (χ4v) is 7.72. The van der Waals surface area contributed by atoms with E-state index in [0.717, 1.165) is 18.4 Å². The van der Waals surface area contributed by atoms with Gasteiger partial charge in [0.2, 0.25) is 5.78 Å². The molecule has 4 aliphatic carbocycles. The van der Waals surface area contributed by atoms with E-state index in [0.29, 0.717) is 25.1 Å². The van der Waals surface area contributed by atoms with Gasteiger partial charge in [-0.15, -0.1) is 0 Å². The van der Waals surface area contributed by atoms with Gasteiger partial charge in [-0.3, -0.25) is 19.3 Å². The summed E-state index contributed by atoms with van der Waals surface area (Å²) in [6, 6.07) is 0. The van der Waals surface area contributed by atoms with E-state index in [-0.39, 0.29) is 36.5 Å². The first-order valence-corrected chi connectivity index (χ1v) is 12.9. The molecule has 0 spiro atoms. The first kappa shape index (κ1) is 26.0. The highest BCUT2D eigenvalue weighted by atomic mass is 16.5. The van der Waals surface area contributed by atoms with Gasteiger partial charge in [0, 0.05) is 16.7 Å². The van der Waals surface area contributed by atoms with Gasteiger partial charge in [0.15, 0.2) is 18.0 Å². The van der Waals surface area contributed by atoms with Crippen molar-refractivity contribution in [1.82, 2.24) is 4.90 Å². The summed E-state index contributed by atoms with van der Waals surface area (Å²) in [5, 5.41) is 23.3. The van der Waals surface area contributed by atoms with E-state index >= 15 is 0 Å². The average molecular weight is 486 g/mol. The summed E-state index contributed by atoms with van der Waals surface area (Å²) in [5.74, 6) is -1.19. The fourth-order valence-electron chi connectivity index (χ4n) is 7.72. The predicted octanol–water partition coefficient (Wildman–Crippen LogP) is 2.62. The van der Waals surface area contributed by atoms with Gasteiger partial charge in [-0.05, 0) is 68.3 Å². The number of nitrogens with zero attached hydrogens (tertiary/aromatic N) is 1. The zero-order chi connectivity index (χ0) is 25.8. The van der Waals surface area contributed by atoms with Gasteiger partial charge >= 0.3 is 5.97 Å². The smallest absolute Gasteiger partial charge is 0.320 e. The zero-order valence-corrected chi connectivity index (χ0v) is 21.4. The summed E-state index contributed by atoms with van der Waals surface area (Å²) < 4.78 is 5.28. The molecule has 4 aliphatic rings. The van der Waals surface area contributed by atoms with Crippen molar-refractivity contribution < 1.29 is 29.3 Å². The number of ketones is 2. The number of likely N-dealkylation sites (N-methyl/N-ethyl adjacent to an activating group) is 1. The molecule has 3 saturated carbocycles. The summed E-state index contributed by atoms with van der Waals surface area (Å²) in [4.78, 5) is 39.6. The molecule has 35 heavy (non-hydrogen) atoms. The average Bonchev–Trinajstić information content (AvgIpc) is 3.02. The lowest BCUT2D eigenvalue weighted by Crippen LogP contribution is -2.62. The number of hydrogen-bond donors (Lipinski definition) is 2. The molecule has 7 atom stereocenters. The minimum absolute atomic E-state index is 0.0178. The molecule has 4 unspecified atom stereocenters. The van der Waals surface area contributed by atoms with Crippen LogP contribution in [0.25, 0.3) is 0 Å². The summed E-state index contributed by atoms with van der Waals surface area (Å²) in [5.41, 5.74) is -1.72. The van der Waals surface area contributed by atoms with Crippen molar-refractivity contribution in [2.75, 3.05) is 26.2 Å². The minimum Gasteiger partial charge on any atom is -0.457 e. The lowest BCUT2D eigenvalue weighted by atomic mass is 9.46. The van der Waals surface area contributed by atoms with Crippen LogP contribution in [-0.4, -0.2) is 70.6 Å². The van der Waals surface area contributed by atoms with Gasteiger partial charge in [0.25, 0.3) is 0 Å². The number of carbonyl (C=O) groups excluding carboxylic acids is 3. The Balaban J connectivity index is 1.57. The van der Waals surface area contributed by atoms with Crippen LogP contribution in [0.4, 0.5) is 0 Å². The van der Waals surface area contributed by atoms with Crippen LogP contribution < -0.4 is 0 Å². The maximum Gasteiger partial charge on any atom is 0.320 e. The van der Waals surface area contributed by atoms with Gasteiger partial charge < -0.3 is 14.9 Å². The zero-order valence-electron chi connectivity index (χ0n) is 21.4.